The molecule has 1 heterocycles. The van der Waals surface area contributed by atoms with Gasteiger partial charge in [0.25, 0.3) is 0 Å². The van der Waals surface area contributed by atoms with Gasteiger partial charge in [-0.15, -0.1) is 0 Å². The lowest BCUT2D eigenvalue weighted by molar-refractivity contribution is 0.590. The summed E-state index contributed by atoms with van der Waals surface area (Å²) in [4.78, 5) is 4.16. The number of halogens is 1. The highest BCUT2D eigenvalue weighted by atomic mass is 35.5. The molecule has 0 fully saturated rings. The first-order valence-electron chi connectivity index (χ1n) is 6.34. The molecule has 20 heavy (non-hydrogen) atoms. The van der Waals surface area contributed by atoms with Crippen LogP contribution in [-0.4, -0.2) is 4.98 Å². The molecule has 0 saturated carbocycles. The van der Waals surface area contributed by atoms with E-state index in [4.69, 9.17) is 16.9 Å². The van der Waals surface area contributed by atoms with E-state index in [1.807, 2.05) is 18.2 Å². The van der Waals surface area contributed by atoms with Crippen molar-refractivity contribution in [3.8, 4) is 6.07 Å². The summed E-state index contributed by atoms with van der Waals surface area (Å²) in [5.74, 6) is 0.495. The Morgan fingerprint density at radius 1 is 1.15 bits per heavy atom. The molecule has 0 bridgehead atoms. The maximum Gasteiger partial charge on any atom is 0.150 e. The summed E-state index contributed by atoms with van der Waals surface area (Å²) in [6.45, 7) is 6.51. The van der Waals surface area contributed by atoms with Gasteiger partial charge in [-0.1, -0.05) is 44.5 Å². The molecule has 0 aliphatic carbocycles. The number of nitrogens with zero attached hydrogens (tertiary/aromatic N) is 2. The van der Waals surface area contributed by atoms with Gasteiger partial charge in [0.1, 0.15) is 11.1 Å². The molecule has 0 radical (unpaired) electrons. The maximum absolute atomic E-state index is 8.94. The summed E-state index contributed by atoms with van der Waals surface area (Å²) in [7, 11) is 0. The second kappa shape index (κ2) is 5.52. The van der Waals surface area contributed by atoms with Crippen LogP contribution in [0.5, 0.6) is 0 Å². The molecule has 3 nitrogen and oxygen atoms in total. The summed E-state index contributed by atoms with van der Waals surface area (Å²) in [5, 5.41) is 12.4. The molecule has 0 spiro atoms. The third kappa shape index (κ3) is 3.09. The third-order valence-electron chi connectivity index (χ3n) is 3.02. The van der Waals surface area contributed by atoms with Gasteiger partial charge in [0.2, 0.25) is 0 Å². The zero-order valence-electron chi connectivity index (χ0n) is 11.7. The normalized spacial score (nSPS) is 10.9. The number of rotatable bonds is 2. The molecule has 0 aliphatic rings. The predicted molar refractivity (Wildman–Crippen MR) is 82.4 cm³/mol. The van der Waals surface area contributed by atoms with Gasteiger partial charge in [-0.3, -0.25) is 0 Å². The molecular weight excluding hydrogens is 270 g/mol. The Morgan fingerprint density at radius 3 is 2.35 bits per heavy atom. The average molecular weight is 286 g/mol. The number of nitriles is 1. The Labute approximate surface area is 124 Å². The summed E-state index contributed by atoms with van der Waals surface area (Å²) >= 11 is 6.12. The van der Waals surface area contributed by atoms with Gasteiger partial charge >= 0.3 is 0 Å². The molecule has 1 aromatic carbocycles. The van der Waals surface area contributed by atoms with E-state index in [9.17, 15) is 0 Å². The number of anilines is 2. The Bertz CT molecular complexity index is 649. The van der Waals surface area contributed by atoms with Crippen molar-refractivity contribution in [2.75, 3.05) is 5.32 Å². The van der Waals surface area contributed by atoms with Crippen LogP contribution in [0.25, 0.3) is 0 Å². The number of pyridine rings is 1. The van der Waals surface area contributed by atoms with Gasteiger partial charge in [-0.25, -0.2) is 4.98 Å². The van der Waals surface area contributed by atoms with Crippen molar-refractivity contribution in [2.45, 2.75) is 26.2 Å². The topological polar surface area (TPSA) is 48.7 Å². The standard InChI is InChI=1S/C16H16ClN3/c1-16(2,3)12-4-6-13(7-5-12)20-15-14(17)11(10-18)8-9-19-15/h4-9H,1-3H3,(H,19,20). The van der Waals surface area contributed by atoms with E-state index in [1.54, 1.807) is 12.3 Å². The van der Waals surface area contributed by atoms with Crippen LogP contribution in [0.1, 0.15) is 31.9 Å². The van der Waals surface area contributed by atoms with E-state index in [1.165, 1.54) is 5.56 Å². The molecule has 2 rings (SSSR count). The van der Waals surface area contributed by atoms with Crippen molar-refractivity contribution in [1.29, 1.82) is 5.26 Å². The molecule has 0 amide bonds. The first-order valence-corrected chi connectivity index (χ1v) is 6.72. The van der Waals surface area contributed by atoms with E-state index in [0.29, 0.717) is 16.4 Å². The van der Waals surface area contributed by atoms with Crippen LogP contribution in [-0.2, 0) is 5.41 Å². The first kappa shape index (κ1) is 14.4. The maximum atomic E-state index is 8.94. The molecule has 0 atom stereocenters. The Morgan fingerprint density at radius 2 is 1.80 bits per heavy atom. The second-order valence-corrected chi connectivity index (χ2v) is 5.96. The van der Waals surface area contributed by atoms with E-state index >= 15 is 0 Å². The molecule has 0 aliphatic heterocycles. The molecule has 102 valence electrons. The minimum atomic E-state index is 0.120. The van der Waals surface area contributed by atoms with Crippen LogP contribution in [0, 0.1) is 11.3 Å². The average Bonchev–Trinajstić information content (AvgIpc) is 2.41. The number of benzene rings is 1. The fourth-order valence-corrected chi connectivity index (χ4v) is 2.01. The molecule has 0 saturated heterocycles. The molecule has 2 aromatic rings. The third-order valence-corrected chi connectivity index (χ3v) is 3.41. The summed E-state index contributed by atoms with van der Waals surface area (Å²) in [5.41, 5.74) is 2.68. The largest absolute Gasteiger partial charge is 0.339 e. The zero-order chi connectivity index (χ0) is 14.8. The van der Waals surface area contributed by atoms with Crippen LogP contribution in [0.4, 0.5) is 11.5 Å². The lowest BCUT2D eigenvalue weighted by Gasteiger charge is -2.19. The van der Waals surface area contributed by atoms with Crippen molar-refractivity contribution in [1.82, 2.24) is 4.98 Å². The Hall–Kier alpha value is -2.05. The Kier molecular flexibility index (Phi) is 3.96. The quantitative estimate of drug-likeness (QED) is 0.874. The summed E-state index contributed by atoms with van der Waals surface area (Å²) in [6, 6.07) is 11.7. The van der Waals surface area contributed by atoms with Crippen LogP contribution < -0.4 is 5.32 Å². The molecule has 1 aromatic heterocycles. The van der Waals surface area contributed by atoms with Crippen molar-refractivity contribution < 1.29 is 0 Å². The number of hydrogen-bond donors (Lipinski definition) is 1. The van der Waals surface area contributed by atoms with Crippen LogP contribution in [0.15, 0.2) is 36.5 Å². The number of hydrogen-bond acceptors (Lipinski definition) is 3. The van der Waals surface area contributed by atoms with Gasteiger partial charge in [-0.05, 0) is 29.2 Å². The predicted octanol–water partition coefficient (Wildman–Crippen LogP) is 4.65. The van der Waals surface area contributed by atoms with E-state index in [0.717, 1.165) is 5.69 Å². The first-order chi connectivity index (χ1) is 9.41. The van der Waals surface area contributed by atoms with Crippen molar-refractivity contribution >= 4 is 23.1 Å². The second-order valence-electron chi connectivity index (χ2n) is 5.59. The molecule has 0 unspecified atom stereocenters. The Balaban J connectivity index is 2.26. The smallest absolute Gasteiger partial charge is 0.150 e. The minimum Gasteiger partial charge on any atom is -0.339 e. The number of aromatic nitrogens is 1. The lowest BCUT2D eigenvalue weighted by Crippen LogP contribution is -2.10. The van der Waals surface area contributed by atoms with E-state index in [2.05, 4.69) is 43.2 Å². The van der Waals surface area contributed by atoms with Gasteiger partial charge in [-0.2, -0.15) is 5.26 Å². The van der Waals surface area contributed by atoms with Crippen LogP contribution in [0.3, 0.4) is 0 Å². The van der Waals surface area contributed by atoms with Crippen molar-refractivity contribution in [3.63, 3.8) is 0 Å². The molecule has 4 heteroatoms. The van der Waals surface area contributed by atoms with Crippen molar-refractivity contribution in [3.05, 3.63) is 52.7 Å². The fourth-order valence-electron chi connectivity index (χ4n) is 1.81. The number of nitrogens with one attached hydrogen (secondary N) is 1. The minimum absolute atomic E-state index is 0.120. The SMILES string of the molecule is CC(C)(C)c1ccc(Nc2nccc(C#N)c2Cl)cc1. The van der Waals surface area contributed by atoms with Crippen LogP contribution in [0.2, 0.25) is 5.02 Å². The van der Waals surface area contributed by atoms with E-state index in [-0.39, 0.29) is 5.41 Å². The summed E-state index contributed by atoms with van der Waals surface area (Å²) < 4.78 is 0. The highest BCUT2D eigenvalue weighted by molar-refractivity contribution is 6.34. The van der Waals surface area contributed by atoms with Gasteiger partial charge < -0.3 is 5.32 Å². The zero-order valence-corrected chi connectivity index (χ0v) is 12.5. The van der Waals surface area contributed by atoms with Crippen LogP contribution >= 0.6 is 11.6 Å². The summed E-state index contributed by atoms with van der Waals surface area (Å²) in [6.07, 6.45) is 1.57. The molecule has 1 N–H and O–H groups in total. The van der Waals surface area contributed by atoms with Gasteiger partial charge in [0, 0.05) is 11.9 Å². The van der Waals surface area contributed by atoms with Gasteiger partial charge in [0.05, 0.1) is 5.56 Å². The van der Waals surface area contributed by atoms with E-state index < -0.39 is 0 Å². The highest BCUT2D eigenvalue weighted by Gasteiger charge is 2.13. The van der Waals surface area contributed by atoms with Crippen molar-refractivity contribution in [2.24, 2.45) is 0 Å². The lowest BCUT2D eigenvalue weighted by atomic mass is 9.87. The van der Waals surface area contributed by atoms with Gasteiger partial charge in [0.15, 0.2) is 5.82 Å². The monoisotopic (exact) mass is 285 g/mol. The molecular formula is C16H16ClN3. The fraction of sp³-hybridized carbons (Fsp3) is 0.250. The highest BCUT2D eigenvalue weighted by Crippen LogP contribution is 2.28.